The minimum Gasteiger partial charge on any atom is -1.00 e. The van der Waals surface area contributed by atoms with Gasteiger partial charge in [-0.1, -0.05) is 52.4 Å². The fourth-order valence-electron chi connectivity index (χ4n) is 2.19. The maximum atomic E-state index is 5.64. The molecule has 0 radical (unpaired) electrons. The van der Waals surface area contributed by atoms with Crippen LogP contribution in [0.25, 0.3) is 0 Å². The van der Waals surface area contributed by atoms with Crippen LogP contribution in [0.4, 0.5) is 0 Å². The van der Waals surface area contributed by atoms with Crippen molar-refractivity contribution < 1.29 is 21.6 Å². The molecule has 0 aromatic rings. The number of ether oxygens (including phenoxy) is 1. The van der Waals surface area contributed by atoms with Crippen LogP contribution in [-0.4, -0.2) is 38.5 Å². The molecule has 3 heteroatoms. The zero-order chi connectivity index (χ0) is 13.7. The first-order chi connectivity index (χ1) is 8.62. The highest BCUT2D eigenvalue weighted by atomic mass is 35.5. The summed E-state index contributed by atoms with van der Waals surface area (Å²) in [6, 6.07) is 0. The number of nitrogens with zero attached hydrogens (tertiary/aromatic N) is 1. The van der Waals surface area contributed by atoms with E-state index in [2.05, 4.69) is 27.9 Å². The van der Waals surface area contributed by atoms with Crippen molar-refractivity contribution in [2.24, 2.45) is 0 Å². The molecule has 118 valence electrons. The van der Waals surface area contributed by atoms with Gasteiger partial charge >= 0.3 is 0 Å². The van der Waals surface area contributed by atoms with Crippen molar-refractivity contribution in [1.29, 1.82) is 0 Å². The zero-order valence-corrected chi connectivity index (χ0v) is 14.5. The first-order valence-corrected chi connectivity index (χ1v) is 8.02. The first kappa shape index (κ1) is 21.5. The van der Waals surface area contributed by atoms with E-state index in [4.69, 9.17) is 4.74 Å². The average molecular weight is 294 g/mol. The van der Waals surface area contributed by atoms with Crippen LogP contribution in [-0.2, 0) is 4.74 Å². The summed E-state index contributed by atoms with van der Waals surface area (Å²) >= 11 is 0. The number of unbranched alkanes of at least 4 members (excludes halogenated alkanes) is 7. The molecule has 0 aromatic carbocycles. The smallest absolute Gasteiger partial charge is 0.182 e. The van der Waals surface area contributed by atoms with Crippen LogP contribution in [0.5, 0.6) is 0 Å². The standard InChI is InChI=1S/C16H36NO.ClH/c1-5-7-8-9-10-11-12-13-14-17(3,4)16-18-15-6-2;/h5-16H2,1-4H3;1H/q+1;/p-1. The van der Waals surface area contributed by atoms with Crippen molar-refractivity contribution in [2.45, 2.75) is 71.6 Å². The van der Waals surface area contributed by atoms with Crippen LogP contribution in [0, 0.1) is 0 Å². The van der Waals surface area contributed by atoms with E-state index in [-0.39, 0.29) is 12.4 Å². The predicted molar refractivity (Wildman–Crippen MR) is 80.7 cm³/mol. The Labute approximate surface area is 127 Å². The second-order valence-corrected chi connectivity index (χ2v) is 6.17. The van der Waals surface area contributed by atoms with Gasteiger partial charge in [0.15, 0.2) is 6.73 Å². The number of rotatable bonds is 13. The highest BCUT2D eigenvalue weighted by Crippen LogP contribution is 2.10. The minimum absolute atomic E-state index is 0. The molecule has 0 aliphatic heterocycles. The molecule has 0 spiro atoms. The molecular formula is C16H36ClNO. The molecule has 19 heavy (non-hydrogen) atoms. The van der Waals surface area contributed by atoms with Gasteiger partial charge in [-0.05, 0) is 19.3 Å². The van der Waals surface area contributed by atoms with Crippen LogP contribution in [0.3, 0.4) is 0 Å². The molecule has 0 N–H and O–H groups in total. The van der Waals surface area contributed by atoms with Gasteiger partial charge in [0.05, 0.1) is 27.2 Å². The van der Waals surface area contributed by atoms with E-state index in [1.54, 1.807) is 0 Å². The predicted octanol–water partition coefficient (Wildman–Crippen LogP) is 1.59. The normalized spacial score (nSPS) is 11.4. The summed E-state index contributed by atoms with van der Waals surface area (Å²) in [5.74, 6) is 0. The molecule has 0 saturated carbocycles. The SMILES string of the molecule is CCCCCCCCCC[N+](C)(C)COCCC.[Cl-]. The lowest BCUT2D eigenvalue weighted by molar-refractivity contribution is -0.909. The monoisotopic (exact) mass is 293 g/mol. The second-order valence-electron chi connectivity index (χ2n) is 6.17. The summed E-state index contributed by atoms with van der Waals surface area (Å²) in [4.78, 5) is 0. The fourth-order valence-corrected chi connectivity index (χ4v) is 2.19. The Morgan fingerprint density at radius 3 is 1.79 bits per heavy atom. The average Bonchev–Trinajstić information content (AvgIpc) is 2.33. The fraction of sp³-hybridized carbons (Fsp3) is 1.00. The van der Waals surface area contributed by atoms with Gasteiger partial charge in [-0.3, -0.25) is 0 Å². The summed E-state index contributed by atoms with van der Waals surface area (Å²) in [6.07, 6.45) is 12.3. The molecule has 0 amide bonds. The molecule has 0 unspecified atom stereocenters. The van der Waals surface area contributed by atoms with Gasteiger partial charge in [-0.15, -0.1) is 0 Å². The Bertz CT molecular complexity index is 174. The maximum absolute atomic E-state index is 5.64. The summed E-state index contributed by atoms with van der Waals surface area (Å²) in [7, 11) is 4.55. The quantitative estimate of drug-likeness (QED) is 0.285. The van der Waals surface area contributed by atoms with E-state index in [1.165, 1.54) is 57.9 Å². The van der Waals surface area contributed by atoms with E-state index < -0.39 is 0 Å². The highest BCUT2D eigenvalue weighted by Gasteiger charge is 2.13. The summed E-state index contributed by atoms with van der Waals surface area (Å²) in [6.45, 7) is 7.46. The van der Waals surface area contributed by atoms with Gasteiger partial charge in [0.1, 0.15) is 0 Å². The van der Waals surface area contributed by atoms with Crippen LogP contribution >= 0.6 is 0 Å². The van der Waals surface area contributed by atoms with Gasteiger partial charge in [0.25, 0.3) is 0 Å². The Morgan fingerprint density at radius 1 is 0.737 bits per heavy atom. The minimum atomic E-state index is 0. The molecule has 0 heterocycles. The molecule has 2 nitrogen and oxygen atoms in total. The zero-order valence-electron chi connectivity index (χ0n) is 13.7. The van der Waals surface area contributed by atoms with Gasteiger partial charge in [0, 0.05) is 0 Å². The molecule has 0 fully saturated rings. The maximum Gasteiger partial charge on any atom is 0.182 e. The van der Waals surface area contributed by atoms with E-state index in [0.29, 0.717) is 0 Å². The van der Waals surface area contributed by atoms with Crippen LogP contribution in [0.15, 0.2) is 0 Å². The lowest BCUT2D eigenvalue weighted by atomic mass is 10.1. The molecule has 0 atom stereocenters. The lowest BCUT2D eigenvalue weighted by Gasteiger charge is -2.29. The molecule has 0 saturated heterocycles. The van der Waals surface area contributed by atoms with E-state index >= 15 is 0 Å². The van der Waals surface area contributed by atoms with Crippen molar-refractivity contribution in [2.75, 3.05) is 34.0 Å². The third-order valence-corrected chi connectivity index (χ3v) is 3.41. The van der Waals surface area contributed by atoms with Crippen molar-refractivity contribution >= 4 is 0 Å². The third kappa shape index (κ3) is 16.2. The number of halogens is 1. The van der Waals surface area contributed by atoms with Gasteiger partial charge < -0.3 is 21.6 Å². The highest BCUT2D eigenvalue weighted by molar-refractivity contribution is 4.45. The number of hydrogen-bond donors (Lipinski definition) is 0. The Morgan fingerprint density at radius 2 is 1.26 bits per heavy atom. The Kier molecular flexibility index (Phi) is 16.5. The Hall–Kier alpha value is 0.210. The molecule has 0 aliphatic rings. The van der Waals surface area contributed by atoms with Crippen molar-refractivity contribution in [3.8, 4) is 0 Å². The third-order valence-electron chi connectivity index (χ3n) is 3.41. The molecule has 0 aliphatic carbocycles. The summed E-state index contributed by atoms with van der Waals surface area (Å²) in [5.41, 5.74) is 0. The Balaban J connectivity index is 0. The van der Waals surface area contributed by atoms with E-state index in [0.717, 1.165) is 24.2 Å². The van der Waals surface area contributed by atoms with Crippen molar-refractivity contribution in [1.82, 2.24) is 0 Å². The van der Waals surface area contributed by atoms with Crippen molar-refractivity contribution in [3.05, 3.63) is 0 Å². The number of hydrogen-bond acceptors (Lipinski definition) is 1. The largest absolute Gasteiger partial charge is 1.00 e. The number of quaternary nitrogens is 1. The lowest BCUT2D eigenvalue weighted by Crippen LogP contribution is -3.00. The second kappa shape index (κ2) is 14.6. The molecule has 0 bridgehead atoms. The van der Waals surface area contributed by atoms with Crippen LogP contribution < -0.4 is 12.4 Å². The van der Waals surface area contributed by atoms with Gasteiger partial charge in [-0.2, -0.15) is 0 Å². The first-order valence-electron chi connectivity index (χ1n) is 8.02. The topological polar surface area (TPSA) is 9.23 Å². The molecule has 0 rings (SSSR count). The van der Waals surface area contributed by atoms with E-state index in [1.807, 2.05) is 0 Å². The summed E-state index contributed by atoms with van der Waals surface area (Å²) < 4.78 is 6.65. The van der Waals surface area contributed by atoms with Gasteiger partial charge in [-0.25, -0.2) is 0 Å². The van der Waals surface area contributed by atoms with Crippen LogP contribution in [0.2, 0.25) is 0 Å². The summed E-state index contributed by atoms with van der Waals surface area (Å²) in [5, 5.41) is 0. The molecular weight excluding hydrogens is 258 g/mol. The van der Waals surface area contributed by atoms with Crippen LogP contribution in [0.1, 0.15) is 71.6 Å². The van der Waals surface area contributed by atoms with E-state index in [9.17, 15) is 0 Å². The van der Waals surface area contributed by atoms with Crippen molar-refractivity contribution in [3.63, 3.8) is 0 Å². The molecule has 0 aromatic heterocycles. The van der Waals surface area contributed by atoms with Gasteiger partial charge in [0.2, 0.25) is 0 Å².